The minimum absolute atomic E-state index is 0.282. The highest BCUT2D eigenvalue weighted by molar-refractivity contribution is 5.68. The molecule has 0 spiro atoms. The first-order valence-electron chi connectivity index (χ1n) is 11.1. The third-order valence-electron chi connectivity index (χ3n) is 5.92. The molecule has 1 fully saturated rings. The first-order valence-corrected chi connectivity index (χ1v) is 11.1. The summed E-state index contributed by atoms with van der Waals surface area (Å²) in [5, 5.41) is 13.1. The van der Waals surface area contributed by atoms with Crippen molar-refractivity contribution >= 4 is 11.6 Å². The molecule has 2 N–H and O–H groups in total. The molecule has 1 unspecified atom stereocenters. The van der Waals surface area contributed by atoms with Crippen molar-refractivity contribution in [1.82, 2.24) is 15.0 Å². The number of anilines is 2. The summed E-state index contributed by atoms with van der Waals surface area (Å²) < 4.78 is 5.67. The number of hydrogen-bond acceptors (Lipinski definition) is 7. The van der Waals surface area contributed by atoms with Crippen molar-refractivity contribution in [2.24, 2.45) is 0 Å². The lowest BCUT2D eigenvalue weighted by Crippen LogP contribution is -2.32. The van der Waals surface area contributed by atoms with E-state index in [-0.39, 0.29) is 11.8 Å². The Morgan fingerprint density at radius 1 is 1.16 bits per heavy atom. The van der Waals surface area contributed by atoms with E-state index in [2.05, 4.69) is 27.5 Å². The molecule has 1 atom stereocenters. The fourth-order valence-electron chi connectivity index (χ4n) is 4.20. The third-order valence-corrected chi connectivity index (χ3v) is 5.92. The van der Waals surface area contributed by atoms with Crippen LogP contribution in [0, 0.1) is 0 Å². The molecule has 4 heterocycles. The average Bonchev–Trinajstić information content (AvgIpc) is 3.27. The van der Waals surface area contributed by atoms with Gasteiger partial charge < -0.3 is 20.1 Å². The van der Waals surface area contributed by atoms with Gasteiger partial charge in [-0.15, -0.1) is 0 Å². The standard InChI is InChI=1S/C25H27N5O2/c31-21-8-6-18(7-9-21)10-13-27-24-22-5-1-2-14-30(20-11-15-32-17-20)25(22)29-23(28-24)19-4-3-12-26-16-19/h2-4,6-9,12,14,16,20,31H,1,5,10-11,13,15,17H2,(H,27,28,29). The zero-order valence-corrected chi connectivity index (χ0v) is 17.9. The highest BCUT2D eigenvalue weighted by atomic mass is 16.5. The summed E-state index contributed by atoms with van der Waals surface area (Å²) in [5.41, 5.74) is 3.20. The van der Waals surface area contributed by atoms with E-state index in [1.54, 1.807) is 24.5 Å². The maximum absolute atomic E-state index is 9.52. The third kappa shape index (κ3) is 4.43. The number of phenols is 1. The second-order valence-corrected chi connectivity index (χ2v) is 8.13. The molecule has 2 aliphatic heterocycles. The number of ether oxygens (including phenoxy) is 1. The Bertz CT molecular complexity index is 1080. The fraction of sp³-hybridized carbons (Fsp3) is 0.320. The number of aromatic nitrogens is 3. The molecule has 7 heteroatoms. The van der Waals surface area contributed by atoms with Crippen LogP contribution in [0.15, 0.2) is 61.1 Å². The molecule has 1 aromatic carbocycles. The molecule has 3 aromatic rings. The van der Waals surface area contributed by atoms with E-state index in [9.17, 15) is 5.11 Å². The summed E-state index contributed by atoms with van der Waals surface area (Å²) in [6.07, 6.45) is 11.6. The molecular weight excluding hydrogens is 402 g/mol. The molecule has 0 bridgehead atoms. The minimum Gasteiger partial charge on any atom is -0.508 e. The predicted octanol–water partition coefficient (Wildman–Crippen LogP) is 3.95. The molecule has 0 radical (unpaired) electrons. The van der Waals surface area contributed by atoms with Gasteiger partial charge in [-0.3, -0.25) is 4.98 Å². The molecule has 32 heavy (non-hydrogen) atoms. The number of nitrogens with zero attached hydrogens (tertiary/aromatic N) is 4. The quantitative estimate of drug-likeness (QED) is 0.614. The van der Waals surface area contributed by atoms with Gasteiger partial charge in [-0.1, -0.05) is 18.2 Å². The zero-order valence-electron chi connectivity index (χ0n) is 17.9. The summed E-state index contributed by atoms with van der Waals surface area (Å²) in [4.78, 5) is 16.4. The fourth-order valence-corrected chi connectivity index (χ4v) is 4.20. The monoisotopic (exact) mass is 429 g/mol. The van der Waals surface area contributed by atoms with Crippen LogP contribution in [0.2, 0.25) is 0 Å². The minimum atomic E-state index is 0.282. The van der Waals surface area contributed by atoms with Gasteiger partial charge in [0.2, 0.25) is 0 Å². The van der Waals surface area contributed by atoms with Crippen molar-refractivity contribution in [3.8, 4) is 17.1 Å². The van der Waals surface area contributed by atoms with Gasteiger partial charge in [0.25, 0.3) is 0 Å². The zero-order chi connectivity index (χ0) is 21.8. The van der Waals surface area contributed by atoms with Crippen LogP contribution in [0.5, 0.6) is 5.75 Å². The number of aromatic hydroxyl groups is 1. The Morgan fingerprint density at radius 3 is 2.84 bits per heavy atom. The Labute approximate surface area is 187 Å². The number of nitrogens with one attached hydrogen (secondary N) is 1. The lowest BCUT2D eigenvalue weighted by Gasteiger charge is -2.27. The smallest absolute Gasteiger partial charge is 0.165 e. The summed E-state index contributed by atoms with van der Waals surface area (Å²) in [5.74, 6) is 2.78. The number of allylic oxidation sites excluding steroid dienone is 1. The van der Waals surface area contributed by atoms with Crippen molar-refractivity contribution in [3.05, 3.63) is 72.2 Å². The van der Waals surface area contributed by atoms with Crippen LogP contribution in [0.4, 0.5) is 11.6 Å². The topological polar surface area (TPSA) is 83.4 Å². The van der Waals surface area contributed by atoms with E-state index in [4.69, 9.17) is 14.7 Å². The van der Waals surface area contributed by atoms with E-state index in [0.717, 1.165) is 67.2 Å². The number of phenolic OH excluding ortho intramolecular Hbond substituents is 1. The van der Waals surface area contributed by atoms with Gasteiger partial charge >= 0.3 is 0 Å². The largest absolute Gasteiger partial charge is 0.508 e. The Morgan fingerprint density at radius 2 is 2.06 bits per heavy atom. The number of rotatable bonds is 6. The molecule has 7 nitrogen and oxygen atoms in total. The summed E-state index contributed by atoms with van der Waals surface area (Å²) in [6.45, 7) is 2.23. The van der Waals surface area contributed by atoms with Crippen molar-refractivity contribution in [2.45, 2.75) is 31.7 Å². The maximum Gasteiger partial charge on any atom is 0.165 e. The second kappa shape index (κ2) is 9.36. The number of fused-ring (bicyclic) bond motifs is 1. The molecular formula is C25H27N5O2. The predicted molar refractivity (Wildman–Crippen MR) is 125 cm³/mol. The SMILES string of the molecule is Oc1ccc(CCNc2nc(-c3cccnc3)nc3c2CCC=CN3C2CCOC2)cc1. The van der Waals surface area contributed by atoms with Crippen molar-refractivity contribution in [1.29, 1.82) is 0 Å². The second-order valence-electron chi connectivity index (χ2n) is 8.13. The Balaban J connectivity index is 1.48. The van der Waals surface area contributed by atoms with Crippen molar-refractivity contribution < 1.29 is 9.84 Å². The molecule has 0 aliphatic carbocycles. The Hall–Kier alpha value is -3.45. The number of hydrogen-bond donors (Lipinski definition) is 2. The van der Waals surface area contributed by atoms with E-state index < -0.39 is 0 Å². The van der Waals surface area contributed by atoms with Crippen LogP contribution < -0.4 is 10.2 Å². The highest BCUT2D eigenvalue weighted by Gasteiger charge is 2.28. The summed E-state index contributed by atoms with van der Waals surface area (Å²) in [7, 11) is 0. The van der Waals surface area contributed by atoms with E-state index in [1.165, 1.54) is 0 Å². The van der Waals surface area contributed by atoms with Crippen LogP contribution in [-0.4, -0.2) is 45.9 Å². The number of benzene rings is 1. The van der Waals surface area contributed by atoms with Gasteiger partial charge in [0, 0.05) is 42.9 Å². The van der Waals surface area contributed by atoms with Crippen molar-refractivity contribution in [2.75, 3.05) is 30.0 Å². The van der Waals surface area contributed by atoms with Gasteiger partial charge in [-0.2, -0.15) is 0 Å². The van der Waals surface area contributed by atoms with Gasteiger partial charge in [-0.25, -0.2) is 9.97 Å². The molecule has 0 amide bonds. The van der Waals surface area contributed by atoms with Gasteiger partial charge in [0.1, 0.15) is 17.4 Å². The normalized spacial score (nSPS) is 17.8. The average molecular weight is 430 g/mol. The van der Waals surface area contributed by atoms with Crippen molar-refractivity contribution in [3.63, 3.8) is 0 Å². The van der Waals surface area contributed by atoms with Crippen LogP contribution in [0.3, 0.4) is 0 Å². The molecule has 0 saturated carbocycles. The maximum atomic E-state index is 9.52. The first kappa shape index (κ1) is 20.5. The van der Waals surface area contributed by atoms with Crippen LogP contribution in [-0.2, 0) is 17.6 Å². The van der Waals surface area contributed by atoms with E-state index >= 15 is 0 Å². The van der Waals surface area contributed by atoms with Crippen LogP contribution >= 0.6 is 0 Å². The van der Waals surface area contributed by atoms with Gasteiger partial charge in [-0.05, 0) is 55.5 Å². The first-order chi connectivity index (χ1) is 15.8. The summed E-state index contributed by atoms with van der Waals surface area (Å²) >= 11 is 0. The van der Waals surface area contributed by atoms with Gasteiger partial charge in [0.05, 0.1) is 12.6 Å². The van der Waals surface area contributed by atoms with Crippen LogP contribution in [0.25, 0.3) is 11.4 Å². The van der Waals surface area contributed by atoms with Crippen LogP contribution in [0.1, 0.15) is 24.0 Å². The molecule has 5 rings (SSSR count). The molecule has 2 aliphatic rings. The number of pyridine rings is 1. The highest BCUT2D eigenvalue weighted by Crippen LogP contribution is 2.34. The molecule has 164 valence electrons. The lowest BCUT2D eigenvalue weighted by molar-refractivity contribution is 0.194. The van der Waals surface area contributed by atoms with E-state index in [1.807, 2.05) is 24.3 Å². The lowest BCUT2D eigenvalue weighted by atomic mass is 10.1. The van der Waals surface area contributed by atoms with Gasteiger partial charge in [0.15, 0.2) is 5.82 Å². The van der Waals surface area contributed by atoms with E-state index in [0.29, 0.717) is 12.4 Å². The molecule has 2 aromatic heterocycles. The molecule has 1 saturated heterocycles. The Kier molecular flexibility index (Phi) is 5.98. The summed E-state index contributed by atoms with van der Waals surface area (Å²) in [6, 6.07) is 11.5.